The fourth-order valence-electron chi connectivity index (χ4n) is 2.55. The monoisotopic (exact) mass is 302 g/mol. The molecule has 2 N–H and O–H groups in total. The number of hydrogen-bond donors (Lipinski definition) is 2. The number of H-pyrrole nitrogens is 1. The SMILES string of the molecule is Cc1ccc(NC(=O)c2cc3c([nH]c2=O)CCC3)cc1Cl. The first-order valence-corrected chi connectivity index (χ1v) is 7.25. The fourth-order valence-corrected chi connectivity index (χ4v) is 2.73. The third kappa shape index (κ3) is 2.72. The van der Waals surface area contributed by atoms with Crippen LogP contribution in [0, 0.1) is 6.92 Å². The predicted octanol–water partition coefficient (Wildman–Crippen LogP) is 3.08. The summed E-state index contributed by atoms with van der Waals surface area (Å²) in [6.45, 7) is 1.89. The molecule has 2 aromatic rings. The van der Waals surface area contributed by atoms with Gasteiger partial charge in [-0.3, -0.25) is 9.59 Å². The van der Waals surface area contributed by atoms with E-state index in [1.54, 1.807) is 18.2 Å². The number of hydrogen-bond acceptors (Lipinski definition) is 2. The number of carbonyl (C=O) groups excluding carboxylic acids is 1. The third-order valence-corrected chi connectivity index (χ3v) is 4.17. The molecule has 5 heteroatoms. The van der Waals surface area contributed by atoms with Crippen molar-refractivity contribution in [3.63, 3.8) is 0 Å². The van der Waals surface area contributed by atoms with Gasteiger partial charge in [-0.2, -0.15) is 0 Å². The van der Waals surface area contributed by atoms with Crippen molar-refractivity contribution in [2.24, 2.45) is 0 Å². The molecule has 0 unspecified atom stereocenters. The number of amides is 1. The summed E-state index contributed by atoms with van der Waals surface area (Å²) < 4.78 is 0. The van der Waals surface area contributed by atoms with Crippen molar-refractivity contribution in [3.8, 4) is 0 Å². The van der Waals surface area contributed by atoms with Gasteiger partial charge < -0.3 is 10.3 Å². The highest BCUT2D eigenvalue weighted by atomic mass is 35.5. The molecule has 1 amide bonds. The van der Waals surface area contributed by atoms with Crippen LogP contribution >= 0.6 is 11.6 Å². The number of carbonyl (C=O) groups is 1. The second-order valence-corrected chi connectivity index (χ2v) is 5.69. The quantitative estimate of drug-likeness (QED) is 0.895. The Labute approximate surface area is 127 Å². The number of aryl methyl sites for hydroxylation is 3. The number of fused-ring (bicyclic) bond motifs is 1. The Bertz CT molecular complexity index is 780. The summed E-state index contributed by atoms with van der Waals surface area (Å²) in [5.41, 5.74) is 3.33. The molecule has 0 saturated carbocycles. The number of aromatic amines is 1. The van der Waals surface area contributed by atoms with Crippen molar-refractivity contribution in [1.82, 2.24) is 4.98 Å². The standard InChI is InChI=1S/C16H15ClN2O2/c1-9-5-6-11(8-13(9)17)18-15(20)12-7-10-3-2-4-14(10)19-16(12)21/h5-8H,2-4H2,1H3,(H,18,20)(H,19,21). The minimum atomic E-state index is -0.411. The Morgan fingerprint density at radius 2 is 2.10 bits per heavy atom. The van der Waals surface area contributed by atoms with Crippen LogP contribution in [0.5, 0.6) is 0 Å². The maximum absolute atomic E-state index is 12.3. The number of rotatable bonds is 2. The number of aromatic nitrogens is 1. The van der Waals surface area contributed by atoms with Gasteiger partial charge in [-0.1, -0.05) is 17.7 Å². The Kier molecular flexibility index (Phi) is 3.55. The Balaban J connectivity index is 1.89. The van der Waals surface area contributed by atoms with Crippen LogP contribution in [-0.2, 0) is 12.8 Å². The van der Waals surface area contributed by atoms with Gasteiger partial charge in [0, 0.05) is 16.4 Å². The van der Waals surface area contributed by atoms with E-state index in [4.69, 9.17) is 11.6 Å². The summed E-state index contributed by atoms with van der Waals surface area (Å²) in [7, 11) is 0. The molecular weight excluding hydrogens is 288 g/mol. The van der Waals surface area contributed by atoms with Crippen LogP contribution in [0.3, 0.4) is 0 Å². The maximum atomic E-state index is 12.3. The molecule has 1 aliphatic rings. The second kappa shape index (κ2) is 5.37. The van der Waals surface area contributed by atoms with Gasteiger partial charge in [0.1, 0.15) is 5.56 Å². The van der Waals surface area contributed by atoms with E-state index >= 15 is 0 Å². The van der Waals surface area contributed by atoms with Crippen LogP contribution in [0.4, 0.5) is 5.69 Å². The lowest BCUT2D eigenvalue weighted by Crippen LogP contribution is -2.24. The fraction of sp³-hybridized carbons (Fsp3) is 0.250. The van der Waals surface area contributed by atoms with Gasteiger partial charge in [0.25, 0.3) is 11.5 Å². The van der Waals surface area contributed by atoms with E-state index < -0.39 is 5.91 Å². The topological polar surface area (TPSA) is 62.0 Å². The van der Waals surface area contributed by atoms with Crippen molar-refractivity contribution >= 4 is 23.2 Å². The molecular formula is C16H15ClN2O2. The molecule has 0 atom stereocenters. The zero-order valence-electron chi connectivity index (χ0n) is 11.6. The number of pyridine rings is 1. The van der Waals surface area contributed by atoms with Gasteiger partial charge in [0.15, 0.2) is 0 Å². The zero-order chi connectivity index (χ0) is 15.0. The predicted molar refractivity (Wildman–Crippen MR) is 83.2 cm³/mol. The molecule has 4 nitrogen and oxygen atoms in total. The minimum absolute atomic E-state index is 0.146. The Hall–Kier alpha value is -2.07. The lowest BCUT2D eigenvalue weighted by Gasteiger charge is -2.08. The first kappa shape index (κ1) is 13.9. The number of anilines is 1. The van der Waals surface area contributed by atoms with Gasteiger partial charge in [0.2, 0.25) is 0 Å². The second-order valence-electron chi connectivity index (χ2n) is 5.29. The van der Waals surface area contributed by atoms with Crippen LogP contribution < -0.4 is 10.9 Å². The zero-order valence-corrected chi connectivity index (χ0v) is 12.4. The van der Waals surface area contributed by atoms with Crippen molar-refractivity contribution in [2.45, 2.75) is 26.2 Å². The first-order valence-electron chi connectivity index (χ1n) is 6.87. The summed E-state index contributed by atoms with van der Waals surface area (Å²) in [5.74, 6) is -0.411. The normalized spacial score (nSPS) is 13.0. The first-order chi connectivity index (χ1) is 10.0. The van der Waals surface area contributed by atoms with Crippen molar-refractivity contribution in [2.75, 3.05) is 5.32 Å². The summed E-state index contributed by atoms with van der Waals surface area (Å²) in [4.78, 5) is 27.0. The number of nitrogens with one attached hydrogen (secondary N) is 2. The Morgan fingerprint density at radius 3 is 2.86 bits per heavy atom. The van der Waals surface area contributed by atoms with Gasteiger partial charge in [-0.15, -0.1) is 0 Å². The van der Waals surface area contributed by atoms with E-state index in [1.165, 1.54) is 0 Å². The summed E-state index contributed by atoms with van der Waals surface area (Å²) in [6, 6.07) is 6.97. The van der Waals surface area contributed by atoms with E-state index in [1.807, 2.05) is 13.0 Å². The summed E-state index contributed by atoms with van der Waals surface area (Å²) in [6.07, 6.45) is 2.80. The van der Waals surface area contributed by atoms with Crippen molar-refractivity contribution in [1.29, 1.82) is 0 Å². The van der Waals surface area contributed by atoms with Crippen LogP contribution in [0.25, 0.3) is 0 Å². The molecule has 1 aromatic carbocycles. The van der Waals surface area contributed by atoms with Crippen LogP contribution in [0.2, 0.25) is 5.02 Å². The summed E-state index contributed by atoms with van der Waals surface area (Å²) >= 11 is 6.03. The molecule has 1 aliphatic carbocycles. The maximum Gasteiger partial charge on any atom is 0.261 e. The third-order valence-electron chi connectivity index (χ3n) is 3.76. The largest absolute Gasteiger partial charge is 0.325 e. The molecule has 1 aromatic heterocycles. The Morgan fingerprint density at radius 1 is 1.29 bits per heavy atom. The van der Waals surface area contributed by atoms with Gasteiger partial charge in [-0.25, -0.2) is 0 Å². The minimum Gasteiger partial charge on any atom is -0.325 e. The van der Waals surface area contributed by atoms with Gasteiger partial charge in [-0.05, 0) is 55.5 Å². The van der Waals surface area contributed by atoms with Gasteiger partial charge in [0.05, 0.1) is 0 Å². The van der Waals surface area contributed by atoms with Crippen molar-refractivity contribution < 1.29 is 4.79 Å². The summed E-state index contributed by atoms with van der Waals surface area (Å²) in [5, 5.41) is 3.29. The molecule has 0 radical (unpaired) electrons. The van der Waals surface area contributed by atoms with Crippen LogP contribution in [0.15, 0.2) is 29.1 Å². The smallest absolute Gasteiger partial charge is 0.261 e. The highest BCUT2D eigenvalue weighted by Gasteiger charge is 2.18. The van der Waals surface area contributed by atoms with Crippen LogP contribution in [-0.4, -0.2) is 10.9 Å². The van der Waals surface area contributed by atoms with E-state index in [0.717, 1.165) is 36.1 Å². The lowest BCUT2D eigenvalue weighted by atomic mass is 10.1. The van der Waals surface area contributed by atoms with Crippen molar-refractivity contribution in [3.05, 3.63) is 62.0 Å². The molecule has 0 aliphatic heterocycles. The molecule has 0 bridgehead atoms. The van der Waals surface area contributed by atoms with E-state index in [2.05, 4.69) is 10.3 Å². The van der Waals surface area contributed by atoms with E-state index in [-0.39, 0.29) is 11.1 Å². The molecule has 1 heterocycles. The van der Waals surface area contributed by atoms with Crippen LogP contribution in [0.1, 0.15) is 33.6 Å². The highest BCUT2D eigenvalue weighted by Crippen LogP contribution is 2.21. The number of benzene rings is 1. The van der Waals surface area contributed by atoms with E-state index in [0.29, 0.717) is 10.7 Å². The molecule has 0 saturated heterocycles. The van der Waals surface area contributed by atoms with E-state index in [9.17, 15) is 9.59 Å². The molecule has 21 heavy (non-hydrogen) atoms. The lowest BCUT2D eigenvalue weighted by molar-refractivity contribution is 0.102. The molecule has 0 fully saturated rings. The molecule has 108 valence electrons. The average Bonchev–Trinajstić information content (AvgIpc) is 2.89. The molecule has 3 rings (SSSR count). The molecule has 0 spiro atoms. The highest BCUT2D eigenvalue weighted by molar-refractivity contribution is 6.31. The van der Waals surface area contributed by atoms with Gasteiger partial charge >= 0.3 is 0 Å². The number of halogens is 1. The average molecular weight is 303 g/mol.